The van der Waals surface area contributed by atoms with E-state index in [-0.39, 0.29) is 6.04 Å². The quantitative estimate of drug-likeness (QED) is 0.845. The van der Waals surface area contributed by atoms with Gasteiger partial charge >= 0.3 is 0 Å². The van der Waals surface area contributed by atoms with Crippen LogP contribution in [-0.4, -0.2) is 0 Å². The van der Waals surface area contributed by atoms with Crippen LogP contribution in [0.2, 0.25) is 0 Å². The van der Waals surface area contributed by atoms with E-state index in [2.05, 4.69) is 55.5 Å². The van der Waals surface area contributed by atoms with Crippen LogP contribution in [0.5, 0.6) is 0 Å². The van der Waals surface area contributed by atoms with Crippen molar-refractivity contribution in [2.24, 2.45) is 5.73 Å². The molecule has 1 aliphatic rings. The van der Waals surface area contributed by atoms with E-state index in [1.165, 1.54) is 41.5 Å². The molecule has 0 spiro atoms. The fourth-order valence-corrected chi connectivity index (χ4v) is 2.86. The van der Waals surface area contributed by atoms with Gasteiger partial charge in [0.2, 0.25) is 0 Å². The molecule has 3 rings (SSSR count). The standard InChI is InChI=1S/C18H21N/c1-13(19)17-10-2-3-11-18(17)16-9-5-8-15(12-16)14-6-4-7-14/h2-3,5,8-14H,4,6-7,19H2,1H3. The van der Waals surface area contributed by atoms with Crippen molar-refractivity contribution in [2.45, 2.75) is 38.1 Å². The van der Waals surface area contributed by atoms with Gasteiger partial charge in [-0.05, 0) is 47.9 Å². The van der Waals surface area contributed by atoms with Gasteiger partial charge in [0.1, 0.15) is 0 Å². The van der Waals surface area contributed by atoms with Crippen LogP contribution in [0.1, 0.15) is 49.3 Å². The van der Waals surface area contributed by atoms with Crippen LogP contribution in [0.15, 0.2) is 48.5 Å². The molecule has 1 atom stereocenters. The van der Waals surface area contributed by atoms with Crippen LogP contribution in [-0.2, 0) is 0 Å². The Morgan fingerprint density at radius 1 is 1.05 bits per heavy atom. The van der Waals surface area contributed by atoms with Gasteiger partial charge < -0.3 is 5.73 Å². The van der Waals surface area contributed by atoms with E-state index in [9.17, 15) is 0 Å². The second-order valence-corrected chi connectivity index (χ2v) is 5.63. The van der Waals surface area contributed by atoms with E-state index in [0.29, 0.717) is 0 Å². The van der Waals surface area contributed by atoms with Crippen molar-refractivity contribution in [1.82, 2.24) is 0 Å². The van der Waals surface area contributed by atoms with E-state index >= 15 is 0 Å². The lowest BCUT2D eigenvalue weighted by atomic mass is 9.79. The Labute approximate surface area is 115 Å². The Morgan fingerprint density at radius 2 is 1.84 bits per heavy atom. The zero-order valence-electron chi connectivity index (χ0n) is 11.5. The highest BCUT2D eigenvalue weighted by atomic mass is 14.6. The SMILES string of the molecule is CC(N)c1ccccc1-c1cccc(C2CCC2)c1. The van der Waals surface area contributed by atoms with Crippen molar-refractivity contribution in [3.05, 3.63) is 59.7 Å². The van der Waals surface area contributed by atoms with Crippen LogP contribution < -0.4 is 5.73 Å². The maximum Gasteiger partial charge on any atom is 0.0272 e. The summed E-state index contributed by atoms with van der Waals surface area (Å²) in [7, 11) is 0. The summed E-state index contributed by atoms with van der Waals surface area (Å²) in [6.07, 6.45) is 4.07. The second-order valence-electron chi connectivity index (χ2n) is 5.63. The Balaban J connectivity index is 2.02. The average Bonchev–Trinajstić information content (AvgIpc) is 2.37. The van der Waals surface area contributed by atoms with Gasteiger partial charge in [0.15, 0.2) is 0 Å². The molecule has 0 amide bonds. The van der Waals surface area contributed by atoms with Gasteiger partial charge in [0, 0.05) is 6.04 Å². The summed E-state index contributed by atoms with van der Waals surface area (Å²) in [5, 5.41) is 0. The average molecular weight is 251 g/mol. The minimum atomic E-state index is 0.0727. The van der Waals surface area contributed by atoms with Crippen LogP contribution in [0.4, 0.5) is 0 Å². The molecule has 0 aromatic heterocycles. The molecule has 1 fully saturated rings. The first-order chi connectivity index (χ1) is 9.25. The highest BCUT2D eigenvalue weighted by molar-refractivity contribution is 5.68. The third kappa shape index (κ3) is 2.43. The minimum absolute atomic E-state index is 0.0727. The van der Waals surface area contributed by atoms with Crippen molar-refractivity contribution >= 4 is 0 Å². The smallest absolute Gasteiger partial charge is 0.0272 e. The topological polar surface area (TPSA) is 26.0 Å². The molecule has 1 nitrogen and oxygen atoms in total. The van der Waals surface area contributed by atoms with E-state index in [1.54, 1.807) is 0 Å². The largest absolute Gasteiger partial charge is 0.324 e. The van der Waals surface area contributed by atoms with Gasteiger partial charge in [0.25, 0.3) is 0 Å². The maximum atomic E-state index is 6.09. The first-order valence-corrected chi connectivity index (χ1v) is 7.20. The Hall–Kier alpha value is -1.60. The molecule has 98 valence electrons. The molecule has 0 saturated heterocycles. The van der Waals surface area contributed by atoms with Crippen molar-refractivity contribution in [3.8, 4) is 11.1 Å². The first-order valence-electron chi connectivity index (χ1n) is 7.20. The Morgan fingerprint density at radius 3 is 2.53 bits per heavy atom. The van der Waals surface area contributed by atoms with E-state index < -0.39 is 0 Å². The normalized spacial score (nSPS) is 16.9. The van der Waals surface area contributed by atoms with E-state index in [4.69, 9.17) is 5.73 Å². The van der Waals surface area contributed by atoms with Gasteiger partial charge in [-0.1, -0.05) is 55.0 Å². The summed E-state index contributed by atoms with van der Waals surface area (Å²) in [6.45, 7) is 2.05. The fourth-order valence-electron chi connectivity index (χ4n) is 2.86. The molecule has 1 heteroatoms. The van der Waals surface area contributed by atoms with Crippen molar-refractivity contribution in [3.63, 3.8) is 0 Å². The summed E-state index contributed by atoms with van der Waals surface area (Å²) >= 11 is 0. The molecule has 1 saturated carbocycles. The predicted octanol–water partition coefficient (Wildman–Crippen LogP) is 4.64. The lowest BCUT2D eigenvalue weighted by molar-refractivity contribution is 0.420. The van der Waals surface area contributed by atoms with Gasteiger partial charge in [-0.25, -0.2) is 0 Å². The van der Waals surface area contributed by atoms with Gasteiger partial charge in [-0.3, -0.25) is 0 Å². The first kappa shape index (κ1) is 12.4. The van der Waals surface area contributed by atoms with Crippen molar-refractivity contribution < 1.29 is 0 Å². The number of hydrogen-bond acceptors (Lipinski definition) is 1. The molecular weight excluding hydrogens is 230 g/mol. The molecule has 0 bridgehead atoms. The highest BCUT2D eigenvalue weighted by Crippen LogP contribution is 2.38. The second kappa shape index (κ2) is 5.18. The van der Waals surface area contributed by atoms with Crippen molar-refractivity contribution in [2.75, 3.05) is 0 Å². The molecule has 1 unspecified atom stereocenters. The molecule has 2 aromatic carbocycles. The van der Waals surface area contributed by atoms with Gasteiger partial charge in [-0.15, -0.1) is 0 Å². The Kier molecular flexibility index (Phi) is 3.39. The molecule has 1 aliphatic carbocycles. The van der Waals surface area contributed by atoms with Crippen molar-refractivity contribution in [1.29, 1.82) is 0 Å². The number of rotatable bonds is 3. The number of hydrogen-bond donors (Lipinski definition) is 1. The third-order valence-electron chi connectivity index (χ3n) is 4.23. The summed E-state index contributed by atoms with van der Waals surface area (Å²) in [6, 6.07) is 17.5. The van der Waals surface area contributed by atoms with Crippen LogP contribution >= 0.6 is 0 Å². The van der Waals surface area contributed by atoms with Crippen LogP contribution in [0.3, 0.4) is 0 Å². The van der Waals surface area contributed by atoms with Crippen LogP contribution in [0, 0.1) is 0 Å². The maximum absolute atomic E-state index is 6.09. The molecule has 2 aromatic rings. The lowest BCUT2D eigenvalue weighted by Crippen LogP contribution is -2.09. The fraction of sp³-hybridized carbons (Fsp3) is 0.333. The van der Waals surface area contributed by atoms with E-state index in [0.717, 1.165) is 5.92 Å². The monoisotopic (exact) mass is 251 g/mol. The minimum Gasteiger partial charge on any atom is -0.324 e. The number of nitrogens with two attached hydrogens (primary N) is 1. The van der Waals surface area contributed by atoms with Crippen LogP contribution in [0.25, 0.3) is 11.1 Å². The Bertz CT molecular complexity index is 567. The molecule has 0 radical (unpaired) electrons. The van der Waals surface area contributed by atoms with E-state index in [1.807, 2.05) is 0 Å². The zero-order chi connectivity index (χ0) is 13.2. The lowest BCUT2D eigenvalue weighted by Gasteiger charge is -2.26. The summed E-state index contributed by atoms with van der Waals surface area (Å²) in [4.78, 5) is 0. The molecular formula is C18H21N. The van der Waals surface area contributed by atoms with Gasteiger partial charge in [0.05, 0.1) is 0 Å². The van der Waals surface area contributed by atoms with Gasteiger partial charge in [-0.2, -0.15) is 0 Å². The summed E-state index contributed by atoms with van der Waals surface area (Å²) in [5.41, 5.74) is 11.4. The zero-order valence-corrected chi connectivity index (χ0v) is 11.5. The molecule has 0 aliphatic heterocycles. The summed E-state index contributed by atoms with van der Waals surface area (Å²) < 4.78 is 0. The number of benzene rings is 2. The predicted molar refractivity (Wildman–Crippen MR) is 81.1 cm³/mol. The molecule has 2 N–H and O–H groups in total. The highest BCUT2D eigenvalue weighted by Gasteiger charge is 2.19. The molecule has 19 heavy (non-hydrogen) atoms. The third-order valence-corrected chi connectivity index (χ3v) is 4.23. The molecule has 0 heterocycles. The summed E-state index contributed by atoms with van der Waals surface area (Å²) in [5.74, 6) is 0.780.